The van der Waals surface area contributed by atoms with Gasteiger partial charge in [0, 0.05) is 16.3 Å². The fraction of sp³-hybridized carbons (Fsp3) is 0.0952. The molecular weight excluding hydrogens is 347 g/mol. The number of nitrogens with one attached hydrogen (secondary N) is 1. The quantitative estimate of drug-likeness (QED) is 0.677. The summed E-state index contributed by atoms with van der Waals surface area (Å²) < 4.78 is 13.0. The van der Waals surface area contributed by atoms with Crippen molar-refractivity contribution in [3.8, 4) is 0 Å². The van der Waals surface area contributed by atoms with E-state index < -0.39 is 0 Å². The van der Waals surface area contributed by atoms with Crippen LogP contribution in [0.1, 0.15) is 5.56 Å². The van der Waals surface area contributed by atoms with E-state index >= 15 is 0 Å². The first kappa shape index (κ1) is 16.7. The topological polar surface area (TPSA) is 32.3 Å². The molecule has 26 heavy (non-hydrogen) atoms. The summed E-state index contributed by atoms with van der Waals surface area (Å²) in [6.45, 7) is 0.485. The third-order valence-electron chi connectivity index (χ3n) is 4.24. The molecule has 0 saturated carbocycles. The molecule has 0 saturated heterocycles. The van der Waals surface area contributed by atoms with Crippen LogP contribution in [-0.2, 0) is 6.42 Å². The number of hydrogen-bond donors (Lipinski definition) is 1. The molecule has 0 fully saturated rings. The number of para-hydroxylation sites is 2. The standard InChI is InChI=1S/C21H17FN2OS/c22-16-11-9-15(10-12-16)13-14-23-21(25)24-17-5-1-3-7-19(17)26-20-8-4-2-6-18(20)24/h1-12H,13-14H2,(H,23,25). The molecule has 5 heteroatoms. The van der Waals surface area contributed by atoms with Crippen molar-refractivity contribution in [1.82, 2.24) is 5.32 Å². The summed E-state index contributed by atoms with van der Waals surface area (Å²) in [6, 6.07) is 22.0. The summed E-state index contributed by atoms with van der Waals surface area (Å²) >= 11 is 1.67. The highest BCUT2D eigenvalue weighted by Crippen LogP contribution is 2.47. The number of urea groups is 1. The summed E-state index contributed by atoms with van der Waals surface area (Å²) in [5.74, 6) is -0.253. The van der Waals surface area contributed by atoms with Crippen LogP contribution in [0.25, 0.3) is 0 Å². The van der Waals surface area contributed by atoms with E-state index in [0.29, 0.717) is 13.0 Å². The van der Waals surface area contributed by atoms with Crippen molar-refractivity contribution in [3.63, 3.8) is 0 Å². The van der Waals surface area contributed by atoms with Gasteiger partial charge in [-0.25, -0.2) is 9.18 Å². The van der Waals surface area contributed by atoms with Crippen molar-refractivity contribution in [2.45, 2.75) is 16.2 Å². The Labute approximate surface area is 155 Å². The van der Waals surface area contributed by atoms with Gasteiger partial charge in [0.1, 0.15) is 5.82 Å². The second kappa shape index (κ2) is 7.22. The zero-order valence-electron chi connectivity index (χ0n) is 14.0. The predicted molar refractivity (Wildman–Crippen MR) is 103 cm³/mol. The average molecular weight is 364 g/mol. The van der Waals surface area contributed by atoms with Crippen molar-refractivity contribution < 1.29 is 9.18 Å². The number of fused-ring (bicyclic) bond motifs is 2. The van der Waals surface area contributed by atoms with Crippen molar-refractivity contribution in [3.05, 3.63) is 84.2 Å². The minimum atomic E-state index is -0.253. The van der Waals surface area contributed by atoms with Gasteiger partial charge in [-0.3, -0.25) is 4.90 Å². The van der Waals surface area contributed by atoms with E-state index in [1.165, 1.54) is 12.1 Å². The zero-order valence-corrected chi connectivity index (χ0v) is 14.8. The van der Waals surface area contributed by atoms with Crippen molar-refractivity contribution in [2.75, 3.05) is 11.4 Å². The highest BCUT2D eigenvalue weighted by atomic mass is 32.2. The third-order valence-corrected chi connectivity index (χ3v) is 5.37. The molecule has 0 aromatic heterocycles. The van der Waals surface area contributed by atoms with Crippen LogP contribution in [-0.4, -0.2) is 12.6 Å². The zero-order chi connectivity index (χ0) is 17.9. The summed E-state index contributed by atoms with van der Waals surface area (Å²) in [7, 11) is 0. The largest absolute Gasteiger partial charge is 0.337 e. The molecule has 1 N–H and O–H groups in total. The number of hydrogen-bond acceptors (Lipinski definition) is 2. The van der Waals surface area contributed by atoms with Gasteiger partial charge in [0.25, 0.3) is 0 Å². The Bertz CT molecular complexity index is 897. The fourth-order valence-corrected chi connectivity index (χ4v) is 4.03. The molecule has 0 bridgehead atoms. The molecule has 3 aromatic carbocycles. The summed E-state index contributed by atoms with van der Waals surface area (Å²) in [6.07, 6.45) is 0.651. The number of rotatable bonds is 3. The van der Waals surface area contributed by atoms with Gasteiger partial charge in [0.15, 0.2) is 0 Å². The van der Waals surface area contributed by atoms with Gasteiger partial charge in [-0.05, 0) is 48.4 Å². The molecule has 4 rings (SSSR count). The van der Waals surface area contributed by atoms with Crippen LogP contribution in [0.5, 0.6) is 0 Å². The van der Waals surface area contributed by atoms with E-state index in [1.54, 1.807) is 28.8 Å². The fourth-order valence-electron chi connectivity index (χ4n) is 2.97. The highest BCUT2D eigenvalue weighted by Gasteiger charge is 2.27. The Balaban J connectivity index is 1.53. The number of benzene rings is 3. The van der Waals surface area contributed by atoms with Crippen molar-refractivity contribution >= 4 is 29.2 Å². The van der Waals surface area contributed by atoms with Crippen LogP contribution >= 0.6 is 11.8 Å². The van der Waals surface area contributed by atoms with Gasteiger partial charge in [0.05, 0.1) is 11.4 Å². The molecule has 1 aliphatic heterocycles. The molecular formula is C21H17FN2OS. The van der Waals surface area contributed by atoms with E-state index in [9.17, 15) is 9.18 Å². The monoisotopic (exact) mass is 364 g/mol. The minimum Gasteiger partial charge on any atom is -0.337 e. The summed E-state index contributed by atoms with van der Waals surface area (Å²) in [4.78, 5) is 16.8. The van der Waals surface area contributed by atoms with Crippen LogP contribution in [0.4, 0.5) is 20.6 Å². The van der Waals surface area contributed by atoms with Gasteiger partial charge >= 0.3 is 6.03 Å². The second-order valence-corrected chi connectivity index (χ2v) is 7.07. The highest BCUT2D eigenvalue weighted by molar-refractivity contribution is 7.99. The first-order valence-corrected chi connectivity index (χ1v) is 9.22. The normalized spacial score (nSPS) is 12.3. The maximum Gasteiger partial charge on any atom is 0.326 e. The van der Waals surface area contributed by atoms with E-state index in [2.05, 4.69) is 5.32 Å². The number of halogens is 1. The van der Waals surface area contributed by atoms with Gasteiger partial charge in [-0.15, -0.1) is 0 Å². The Morgan fingerprint density at radius 2 is 1.46 bits per heavy atom. The van der Waals surface area contributed by atoms with E-state index in [-0.39, 0.29) is 11.8 Å². The molecule has 0 atom stereocenters. The lowest BCUT2D eigenvalue weighted by Gasteiger charge is -2.31. The summed E-state index contributed by atoms with van der Waals surface area (Å²) in [5.41, 5.74) is 2.76. The molecule has 2 amide bonds. The van der Waals surface area contributed by atoms with E-state index in [1.807, 2.05) is 48.5 Å². The number of amides is 2. The van der Waals surface area contributed by atoms with E-state index in [0.717, 1.165) is 26.7 Å². The number of carbonyl (C=O) groups excluding carboxylic acids is 1. The van der Waals surface area contributed by atoms with Crippen LogP contribution < -0.4 is 10.2 Å². The number of anilines is 2. The molecule has 0 aliphatic carbocycles. The molecule has 0 unspecified atom stereocenters. The average Bonchev–Trinajstić information content (AvgIpc) is 2.67. The Hall–Kier alpha value is -2.79. The SMILES string of the molecule is O=C(NCCc1ccc(F)cc1)N1c2ccccc2Sc2ccccc21. The molecule has 3 aromatic rings. The third kappa shape index (κ3) is 3.30. The Morgan fingerprint density at radius 1 is 0.885 bits per heavy atom. The molecule has 1 aliphatic rings. The lowest BCUT2D eigenvalue weighted by atomic mass is 10.1. The van der Waals surface area contributed by atoms with E-state index in [4.69, 9.17) is 0 Å². The van der Waals surface area contributed by atoms with Crippen LogP contribution in [0.3, 0.4) is 0 Å². The maximum absolute atomic E-state index is 13.0. The van der Waals surface area contributed by atoms with Crippen LogP contribution in [0.2, 0.25) is 0 Å². The van der Waals surface area contributed by atoms with Gasteiger partial charge in [-0.1, -0.05) is 48.2 Å². The first-order chi connectivity index (χ1) is 12.7. The van der Waals surface area contributed by atoms with Gasteiger partial charge < -0.3 is 5.32 Å². The lowest BCUT2D eigenvalue weighted by Crippen LogP contribution is -2.39. The van der Waals surface area contributed by atoms with Gasteiger partial charge in [0.2, 0.25) is 0 Å². The molecule has 130 valence electrons. The van der Waals surface area contributed by atoms with Gasteiger partial charge in [-0.2, -0.15) is 0 Å². The lowest BCUT2D eigenvalue weighted by molar-refractivity contribution is 0.248. The minimum absolute atomic E-state index is 0.160. The summed E-state index contributed by atoms with van der Waals surface area (Å²) in [5, 5.41) is 2.98. The maximum atomic E-state index is 13.0. The number of nitrogens with zero attached hydrogens (tertiary/aromatic N) is 1. The number of carbonyl (C=O) groups is 1. The molecule has 0 spiro atoms. The Kier molecular flexibility index (Phi) is 4.63. The van der Waals surface area contributed by atoms with Crippen molar-refractivity contribution in [1.29, 1.82) is 0 Å². The second-order valence-electron chi connectivity index (χ2n) is 5.98. The molecule has 3 nitrogen and oxygen atoms in total. The Morgan fingerprint density at radius 3 is 2.08 bits per heavy atom. The molecule has 0 radical (unpaired) electrons. The van der Waals surface area contributed by atoms with Crippen LogP contribution in [0, 0.1) is 5.82 Å². The van der Waals surface area contributed by atoms with Crippen molar-refractivity contribution in [2.24, 2.45) is 0 Å². The first-order valence-electron chi connectivity index (χ1n) is 8.41. The predicted octanol–water partition coefficient (Wildman–Crippen LogP) is 5.38. The van der Waals surface area contributed by atoms with Crippen LogP contribution in [0.15, 0.2) is 82.6 Å². The molecule has 1 heterocycles. The smallest absolute Gasteiger partial charge is 0.326 e.